The molecular weight excluding hydrogens is 93.1 g/mol. The van der Waals surface area contributed by atoms with E-state index >= 15 is 0 Å². The molecule has 0 radical (unpaired) electrons. The molecule has 7 heavy (non-hydrogen) atoms. The average Bonchev–Trinajstić information content (AvgIpc) is 1.72. The van der Waals surface area contributed by atoms with Gasteiger partial charge in [-0.1, -0.05) is 12.2 Å². The molecule has 1 aliphatic rings. The third kappa shape index (κ3) is 1.98. The zero-order valence-electron chi connectivity index (χ0n) is 3.92. The normalized spacial score (nSPS) is 14.9. The summed E-state index contributed by atoms with van der Waals surface area (Å²) < 4.78 is 0. The highest BCUT2D eigenvalue weighted by molar-refractivity contribution is 4.98. The Morgan fingerprint density at radius 1 is 1.14 bits per heavy atom. The van der Waals surface area contributed by atoms with Gasteiger partial charge in [0.2, 0.25) is 0 Å². The van der Waals surface area contributed by atoms with Crippen LogP contribution < -0.4 is 5.32 Å². The Morgan fingerprint density at radius 2 is 1.71 bits per heavy atom. The molecule has 0 amide bonds. The molecule has 1 aliphatic heterocycles. The fourth-order valence-electron chi connectivity index (χ4n) is 0.406. The second-order valence-corrected chi connectivity index (χ2v) is 1.21. The maximum Gasteiger partial charge on any atom is -0.00326 e. The van der Waals surface area contributed by atoms with Gasteiger partial charge in [-0.05, 0) is 18.8 Å². The quantitative estimate of drug-likeness (QED) is 0.482. The van der Waals surface area contributed by atoms with E-state index in [9.17, 15) is 0 Å². The summed E-state index contributed by atoms with van der Waals surface area (Å²) in [5.74, 6) is 0. The molecule has 0 saturated carbocycles. The first-order valence-corrected chi connectivity index (χ1v) is 2.06. The van der Waals surface area contributed by atoms with Crippen LogP contribution in [0.4, 0.5) is 4.70 Å². The molecule has 0 unspecified atom stereocenters. The summed E-state index contributed by atoms with van der Waals surface area (Å²) in [5.41, 5.74) is 0. The van der Waals surface area contributed by atoms with E-state index < -0.39 is 0 Å². The van der Waals surface area contributed by atoms with E-state index in [0.29, 0.717) is 0 Å². The van der Waals surface area contributed by atoms with Gasteiger partial charge in [0.15, 0.2) is 0 Å². The Kier molecular flexibility index (Phi) is 3.02. The first kappa shape index (κ1) is 6.21. The van der Waals surface area contributed by atoms with Crippen molar-refractivity contribution in [2.24, 2.45) is 0 Å². The minimum Gasteiger partial charge on any atom is -0.368 e. The van der Waals surface area contributed by atoms with Crippen molar-refractivity contribution in [3.8, 4) is 0 Å². The van der Waals surface area contributed by atoms with Crippen LogP contribution in [0.5, 0.6) is 0 Å². The summed E-state index contributed by atoms with van der Waals surface area (Å²) in [6.45, 7) is 0. The van der Waals surface area contributed by atoms with Crippen molar-refractivity contribution in [2.45, 2.75) is 6.42 Å². The number of halogens is 1. The van der Waals surface area contributed by atoms with Gasteiger partial charge in [0.05, 0.1) is 0 Å². The van der Waals surface area contributed by atoms with Crippen molar-refractivity contribution in [2.75, 3.05) is 0 Å². The van der Waals surface area contributed by atoms with Crippen molar-refractivity contribution < 1.29 is 4.70 Å². The SMILES string of the molecule is C1=CNC=CC1.F. The molecule has 1 heterocycles. The van der Waals surface area contributed by atoms with Gasteiger partial charge >= 0.3 is 0 Å². The number of rotatable bonds is 0. The zero-order valence-corrected chi connectivity index (χ0v) is 3.92. The minimum absolute atomic E-state index is 0. The van der Waals surface area contributed by atoms with E-state index in [2.05, 4.69) is 17.5 Å². The lowest BCUT2D eigenvalue weighted by Gasteiger charge is -1.92. The Hall–Kier alpha value is -0.790. The van der Waals surface area contributed by atoms with Crippen molar-refractivity contribution in [1.82, 2.24) is 5.32 Å². The van der Waals surface area contributed by atoms with E-state index in [-0.39, 0.29) is 4.70 Å². The zero-order chi connectivity index (χ0) is 4.24. The molecule has 0 aliphatic carbocycles. The van der Waals surface area contributed by atoms with E-state index in [0.717, 1.165) is 6.42 Å². The van der Waals surface area contributed by atoms with E-state index in [1.165, 1.54) is 0 Å². The highest BCUT2D eigenvalue weighted by atomic mass is 19.0. The monoisotopic (exact) mass is 101 g/mol. The lowest BCUT2D eigenvalue weighted by Crippen LogP contribution is -1.93. The molecule has 0 aromatic rings. The van der Waals surface area contributed by atoms with Crippen LogP contribution in [-0.2, 0) is 0 Å². The molecule has 40 valence electrons. The number of nitrogens with one attached hydrogen (secondary N) is 1. The van der Waals surface area contributed by atoms with Crippen LogP contribution in [0, 0.1) is 0 Å². The Morgan fingerprint density at radius 3 is 1.86 bits per heavy atom. The highest BCUT2D eigenvalue weighted by Crippen LogP contribution is 1.86. The van der Waals surface area contributed by atoms with Crippen LogP contribution in [0.3, 0.4) is 0 Å². The van der Waals surface area contributed by atoms with Crippen LogP contribution in [0.2, 0.25) is 0 Å². The summed E-state index contributed by atoms with van der Waals surface area (Å²) >= 11 is 0. The predicted molar refractivity (Wildman–Crippen MR) is 28.5 cm³/mol. The molecule has 1 nitrogen and oxygen atoms in total. The van der Waals surface area contributed by atoms with E-state index in [1.54, 1.807) is 0 Å². The number of allylic oxidation sites excluding steroid dienone is 2. The summed E-state index contributed by atoms with van der Waals surface area (Å²) in [5, 5.41) is 2.92. The van der Waals surface area contributed by atoms with Gasteiger partial charge in [0.1, 0.15) is 0 Å². The Bertz CT molecular complexity index is 66.1. The first-order valence-electron chi connectivity index (χ1n) is 2.06. The Balaban J connectivity index is 0.000000360. The van der Waals surface area contributed by atoms with Crippen molar-refractivity contribution >= 4 is 0 Å². The molecule has 2 heteroatoms. The topological polar surface area (TPSA) is 12.0 Å². The fraction of sp³-hybridized carbons (Fsp3) is 0.200. The van der Waals surface area contributed by atoms with E-state index in [1.807, 2.05) is 12.4 Å². The highest BCUT2D eigenvalue weighted by Gasteiger charge is 1.73. The fourth-order valence-corrected chi connectivity index (χ4v) is 0.406. The molecule has 0 fully saturated rings. The smallest absolute Gasteiger partial charge is 0.00326 e. The van der Waals surface area contributed by atoms with Gasteiger partial charge in [-0.3, -0.25) is 4.70 Å². The molecular formula is C5H8FN. The van der Waals surface area contributed by atoms with Gasteiger partial charge < -0.3 is 5.32 Å². The maximum absolute atomic E-state index is 2.92. The number of hydrogen-bond acceptors (Lipinski definition) is 1. The largest absolute Gasteiger partial charge is 0.368 e. The van der Waals surface area contributed by atoms with Crippen molar-refractivity contribution in [3.63, 3.8) is 0 Å². The third-order valence-electron chi connectivity index (χ3n) is 0.700. The molecule has 0 spiro atoms. The standard InChI is InChI=1S/C5H7N.FH/c1-2-4-6-5-3-1;/h2-6H,1H2;1H. The van der Waals surface area contributed by atoms with Crippen LogP contribution in [0.15, 0.2) is 24.6 Å². The number of hydrogen-bond donors (Lipinski definition) is 1. The Labute approximate surface area is 42.1 Å². The minimum atomic E-state index is 0. The van der Waals surface area contributed by atoms with Crippen LogP contribution in [0.25, 0.3) is 0 Å². The average molecular weight is 101 g/mol. The number of dihydropyridines is 1. The maximum atomic E-state index is 2.92. The van der Waals surface area contributed by atoms with E-state index in [4.69, 9.17) is 0 Å². The molecule has 1 rings (SSSR count). The molecule has 0 saturated heterocycles. The summed E-state index contributed by atoms with van der Waals surface area (Å²) in [6.07, 6.45) is 9.08. The third-order valence-corrected chi connectivity index (χ3v) is 0.700. The van der Waals surface area contributed by atoms with Crippen LogP contribution >= 0.6 is 0 Å². The lowest BCUT2D eigenvalue weighted by molar-refractivity contribution is 1.11. The molecule has 0 atom stereocenters. The second-order valence-electron chi connectivity index (χ2n) is 1.21. The predicted octanol–water partition coefficient (Wildman–Crippen LogP) is 1.16. The molecule has 1 N–H and O–H groups in total. The van der Waals surface area contributed by atoms with Gasteiger partial charge in [-0.15, -0.1) is 0 Å². The van der Waals surface area contributed by atoms with Crippen LogP contribution in [-0.4, -0.2) is 0 Å². The van der Waals surface area contributed by atoms with Gasteiger partial charge in [-0.25, -0.2) is 0 Å². The van der Waals surface area contributed by atoms with Crippen molar-refractivity contribution in [1.29, 1.82) is 0 Å². The molecule has 0 aromatic carbocycles. The molecule has 0 aromatic heterocycles. The van der Waals surface area contributed by atoms with Crippen molar-refractivity contribution in [3.05, 3.63) is 24.6 Å². The second kappa shape index (κ2) is 3.40. The summed E-state index contributed by atoms with van der Waals surface area (Å²) in [6, 6.07) is 0. The van der Waals surface area contributed by atoms with Gasteiger partial charge in [-0.2, -0.15) is 0 Å². The summed E-state index contributed by atoms with van der Waals surface area (Å²) in [7, 11) is 0. The van der Waals surface area contributed by atoms with Gasteiger partial charge in [0.25, 0.3) is 0 Å². The lowest BCUT2D eigenvalue weighted by atomic mass is 10.4. The molecule has 0 bridgehead atoms. The van der Waals surface area contributed by atoms with Gasteiger partial charge in [0, 0.05) is 0 Å². The first-order chi connectivity index (χ1) is 3.00. The van der Waals surface area contributed by atoms with Crippen LogP contribution in [0.1, 0.15) is 6.42 Å². The summed E-state index contributed by atoms with van der Waals surface area (Å²) in [4.78, 5) is 0.